The number of hydrogen-bond donors (Lipinski definition) is 1. The molecule has 6 heteroatoms. The molecule has 0 bridgehead atoms. The van der Waals surface area contributed by atoms with Crippen molar-refractivity contribution in [2.24, 2.45) is 0 Å². The Labute approximate surface area is 91.9 Å². The lowest BCUT2D eigenvalue weighted by atomic mass is 10.3. The van der Waals surface area contributed by atoms with Gasteiger partial charge in [-0.1, -0.05) is 5.92 Å². The molecule has 0 radical (unpaired) electrons. The van der Waals surface area contributed by atoms with Crippen LogP contribution in [0.25, 0.3) is 0 Å². The van der Waals surface area contributed by atoms with Crippen molar-refractivity contribution in [1.29, 1.82) is 0 Å². The van der Waals surface area contributed by atoms with Gasteiger partial charge in [-0.25, -0.2) is 14.4 Å². The Morgan fingerprint density at radius 2 is 2.38 bits per heavy atom. The van der Waals surface area contributed by atoms with E-state index in [1.165, 1.54) is 13.3 Å². The van der Waals surface area contributed by atoms with Crippen LogP contribution in [0.1, 0.15) is 5.69 Å². The third-order valence-electron chi connectivity index (χ3n) is 1.85. The van der Waals surface area contributed by atoms with E-state index in [9.17, 15) is 9.18 Å². The number of hydrogen-bond acceptors (Lipinski definition) is 4. The van der Waals surface area contributed by atoms with Gasteiger partial charge in [-0.05, 0) is 6.92 Å². The maximum atomic E-state index is 13.6. The standard InChI is InChI=1S/C10H10FN3O2/c1-3-4-14(5-8(15)16)10-9(11)7(2)12-6-13-10/h1,6H,4-5H2,2H3,(H,15,16). The summed E-state index contributed by atoms with van der Waals surface area (Å²) < 4.78 is 13.6. The quantitative estimate of drug-likeness (QED) is 0.750. The van der Waals surface area contributed by atoms with Crippen LogP contribution in [0, 0.1) is 25.1 Å². The molecule has 0 saturated carbocycles. The second-order valence-corrected chi connectivity index (χ2v) is 3.05. The van der Waals surface area contributed by atoms with E-state index < -0.39 is 18.3 Å². The molecule has 1 heterocycles. The number of aryl methyl sites for hydroxylation is 1. The van der Waals surface area contributed by atoms with Crippen molar-refractivity contribution in [3.63, 3.8) is 0 Å². The van der Waals surface area contributed by atoms with Gasteiger partial charge in [0.05, 0.1) is 12.2 Å². The zero-order chi connectivity index (χ0) is 12.1. The topological polar surface area (TPSA) is 66.3 Å². The monoisotopic (exact) mass is 223 g/mol. The Kier molecular flexibility index (Phi) is 3.78. The van der Waals surface area contributed by atoms with E-state index in [0.29, 0.717) is 0 Å². The van der Waals surface area contributed by atoms with Crippen LogP contribution in [-0.4, -0.2) is 34.1 Å². The van der Waals surface area contributed by atoms with E-state index in [2.05, 4.69) is 15.9 Å². The Hall–Kier alpha value is -2.16. The van der Waals surface area contributed by atoms with Crippen molar-refractivity contribution in [2.45, 2.75) is 6.92 Å². The maximum absolute atomic E-state index is 13.6. The highest BCUT2D eigenvalue weighted by Gasteiger charge is 2.17. The molecular formula is C10H10FN3O2. The number of rotatable bonds is 4. The number of carboxylic acid groups (broad SMARTS) is 1. The molecular weight excluding hydrogens is 213 g/mol. The van der Waals surface area contributed by atoms with Gasteiger partial charge >= 0.3 is 5.97 Å². The number of aliphatic carboxylic acids is 1. The van der Waals surface area contributed by atoms with Crippen LogP contribution in [-0.2, 0) is 4.79 Å². The SMILES string of the molecule is C#CCN(CC(=O)O)c1ncnc(C)c1F. The average molecular weight is 223 g/mol. The molecule has 84 valence electrons. The molecule has 1 N–H and O–H groups in total. The van der Waals surface area contributed by atoms with Crippen molar-refractivity contribution in [2.75, 3.05) is 18.0 Å². The molecule has 0 spiro atoms. The summed E-state index contributed by atoms with van der Waals surface area (Å²) in [7, 11) is 0. The summed E-state index contributed by atoms with van der Waals surface area (Å²) in [5, 5.41) is 8.66. The average Bonchev–Trinajstić information content (AvgIpc) is 2.21. The summed E-state index contributed by atoms with van der Waals surface area (Å²) in [6.45, 7) is 1.03. The fraction of sp³-hybridized carbons (Fsp3) is 0.300. The van der Waals surface area contributed by atoms with Crippen LogP contribution >= 0.6 is 0 Å². The molecule has 1 aromatic heterocycles. The second kappa shape index (κ2) is 5.07. The third kappa shape index (κ3) is 2.67. The minimum atomic E-state index is -1.11. The molecule has 0 aliphatic rings. The van der Waals surface area contributed by atoms with Crippen LogP contribution < -0.4 is 4.90 Å². The zero-order valence-corrected chi connectivity index (χ0v) is 8.64. The molecule has 16 heavy (non-hydrogen) atoms. The summed E-state index contributed by atoms with van der Waals surface area (Å²) in [4.78, 5) is 19.1. The third-order valence-corrected chi connectivity index (χ3v) is 1.85. The lowest BCUT2D eigenvalue weighted by Gasteiger charge is -2.19. The van der Waals surface area contributed by atoms with Crippen molar-refractivity contribution in [3.8, 4) is 12.3 Å². The highest BCUT2D eigenvalue weighted by molar-refractivity contribution is 5.73. The summed E-state index contributed by atoms with van der Waals surface area (Å²) in [5.41, 5.74) is 0.150. The van der Waals surface area contributed by atoms with Crippen molar-refractivity contribution < 1.29 is 14.3 Å². The first-order valence-electron chi connectivity index (χ1n) is 4.43. The minimum Gasteiger partial charge on any atom is -0.480 e. The molecule has 5 nitrogen and oxygen atoms in total. The first kappa shape index (κ1) is 11.9. The molecule has 0 aromatic carbocycles. The summed E-state index contributed by atoms with van der Waals surface area (Å²) in [5.74, 6) is 0.405. The van der Waals surface area contributed by atoms with Crippen LogP contribution in [0.3, 0.4) is 0 Å². The molecule has 1 aromatic rings. The van der Waals surface area contributed by atoms with Gasteiger partial charge < -0.3 is 10.0 Å². The number of anilines is 1. The number of halogens is 1. The summed E-state index contributed by atoms with van der Waals surface area (Å²) >= 11 is 0. The van der Waals surface area contributed by atoms with Crippen molar-refractivity contribution in [3.05, 3.63) is 17.8 Å². The molecule has 0 aliphatic carbocycles. The Morgan fingerprint density at radius 1 is 1.69 bits per heavy atom. The van der Waals surface area contributed by atoms with Crippen LogP contribution in [0.5, 0.6) is 0 Å². The van der Waals surface area contributed by atoms with E-state index in [1.54, 1.807) is 0 Å². The molecule has 0 fully saturated rings. The summed E-state index contributed by atoms with van der Waals surface area (Å²) in [6, 6.07) is 0. The normalized spacial score (nSPS) is 9.56. The van der Waals surface area contributed by atoms with Gasteiger partial charge in [0.1, 0.15) is 12.9 Å². The Morgan fingerprint density at radius 3 is 2.94 bits per heavy atom. The Bertz CT molecular complexity index is 442. The summed E-state index contributed by atoms with van der Waals surface area (Å²) in [6.07, 6.45) is 6.25. The number of aromatic nitrogens is 2. The van der Waals surface area contributed by atoms with Gasteiger partial charge in [0.2, 0.25) is 0 Å². The lowest BCUT2D eigenvalue weighted by molar-refractivity contribution is -0.135. The zero-order valence-electron chi connectivity index (χ0n) is 8.64. The van der Waals surface area contributed by atoms with Gasteiger partial charge in [-0.3, -0.25) is 4.79 Å². The van der Waals surface area contributed by atoms with E-state index in [0.717, 1.165) is 4.90 Å². The number of nitrogens with zero attached hydrogens (tertiary/aromatic N) is 3. The first-order valence-corrected chi connectivity index (χ1v) is 4.43. The fourth-order valence-electron chi connectivity index (χ4n) is 1.14. The van der Waals surface area contributed by atoms with E-state index in [1.807, 2.05) is 0 Å². The molecule has 0 saturated heterocycles. The maximum Gasteiger partial charge on any atom is 0.323 e. The predicted molar refractivity (Wildman–Crippen MR) is 55.4 cm³/mol. The van der Waals surface area contributed by atoms with Gasteiger partial charge in [-0.2, -0.15) is 0 Å². The molecule has 0 amide bonds. The number of carboxylic acids is 1. The highest BCUT2D eigenvalue weighted by Crippen LogP contribution is 2.16. The van der Waals surface area contributed by atoms with Crippen LogP contribution in [0.2, 0.25) is 0 Å². The highest BCUT2D eigenvalue weighted by atomic mass is 19.1. The molecule has 0 atom stereocenters. The predicted octanol–water partition coefficient (Wildman–Crippen LogP) is 0.448. The largest absolute Gasteiger partial charge is 0.480 e. The van der Waals surface area contributed by atoms with Gasteiger partial charge in [0, 0.05) is 0 Å². The minimum absolute atomic E-state index is 0.0281. The Balaban J connectivity index is 3.06. The van der Waals surface area contributed by atoms with Gasteiger partial charge in [0.25, 0.3) is 0 Å². The van der Waals surface area contributed by atoms with Gasteiger partial charge in [0.15, 0.2) is 11.6 Å². The van der Waals surface area contributed by atoms with E-state index in [4.69, 9.17) is 11.5 Å². The fourth-order valence-corrected chi connectivity index (χ4v) is 1.14. The van der Waals surface area contributed by atoms with Crippen LogP contribution in [0.15, 0.2) is 6.33 Å². The van der Waals surface area contributed by atoms with Crippen molar-refractivity contribution >= 4 is 11.8 Å². The van der Waals surface area contributed by atoms with Gasteiger partial charge in [-0.15, -0.1) is 6.42 Å². The lowest BCUT2D eigenvalue weighted by Crippen LogP contribution is -2.31. The molecule has 0 aliphatic heterocycles. The van der Waals surface area contributed by atoms with E-state index >= 15 is 0 Å². The van der Waals surface area contributed by atoms with Crippen molar-refractivity contribution in [1.82, 2.24) is 9.97 Å². The smallest absolute Gasteiger partial charge is 0.323 e. The molecule has 0 unspecified atom stereocenters. The van der Waals surface area contributed by atoms with E-state index in [-0.39, 0.29) is 18.1 Å². The first-order chi connectivity index (χ1) is 7.56. The second-order valence-electron chi connectivity index (χ2n) is 3.05. The number of terminal acetylenes is 1. The van der Waals surface area contributed by atoms with Crippen LogP contribution in [0.4, 0.5) is 10.2 Å². The molecule has 1 rings (SSSR count). The number of carbonyl (C=O) groups is 1.